The molecule has 1 aromatic rings. The summed E-state index contributed by atoms with van der Waals surface area (Å²) in [5, 5.41) is 2.97. The minimum absolute atomic E-state index is 0.115. The molecule has 0 heterocycles. The molecule has 1 amide bonds. The van der Waals surface area contributed by atoms with Crippen LogP contribution in [0.5, 0.6) is 0 Å². The summed E-state index contributed by atoms with van der Waals surface area (Å²) in [5.74, 6) is 1.01. The fourth-order valence-electron chi connectivity index (χ4n) is 1.60. The smallest absolute Gasteiger partial charge is 0.220 e. The van der Waals surface area contributed by atoms with Crippen LogP contribution in [-0.4, -0.2) is 5.91 Å². The van der Waals surface area contributed by atoms with Crippen LogP contribution in [0.25, 0.3) is 0 Å². The summed E-state index contributed by atoms with van der Waals surface area (Å²) in [6.45, 7) is 9.19. The predicted molar refractivity (Wildman–Crippen MR) is 81.1 cm³/mol. The molecular formula is C16H24ClNO. The molecule has 106 valence electrons. The van der Waals surface area contributed by atoms with Gasteiger partial charge in [0.1, 0.15) is 0 Å². The van der Waals surface area contributed by atoms with E-state index in [1.54, 1.807) is 0 Å². The number of carbonyl (C=O) groups excluding carboxylic acids is 1. The third kappa shape index (κ3) is 5.65. The first-order chi connectivity index (χ1) is 8.82. The Bertz CT molecular complexity index is 406. The van der Waals surface area contributed by atoms with Crippen molar-refractivity contribution >= 4 is 17.5 Å². The molecule has 3 heteroatoms. The van der Waals surface area contributed by atoms with Gasteiger partial charge in [-0.2, -0.15) is 0 Å². The van der Waals surface area contributed by atoms with Gasteiger partial charge in [-0.15, -0.1) is 11.6 Å². The average molecular weight is 282 g/mol. The highest BCUT2D eigenvalue weighted by Gasteiger charge is 2.22. The Morgan fingerprint density at radius 3 is 2.21 bits per heavy atom. The summed E-state index contributed by atoms with van der Waals surface area (Å²) in [5.41, 5.74) is 2.36. The quantitative estimate of drug-likeness (QED) is 0.809. The maximum Gasteiger partial charge on any atom is 0.220 e. The van der Waals surface area contributed by atoms with Crippen molar-refractivity contribution < 1.29 is 4.79 Å². The number of nitrogens with one attached hydrogen (secondary N) is 1. The van der Waals surface area contributed by atoms with E-state index in [4.69, 9.17) is 11.6 Å². The Labute approximate surface area is 121 Å². The lowest BCUT2D eigenvalue weighted by Crippen LogP contribution is -2.28. The topological polar surface area (TPSA) is 29.1 Å². The van der Waals surface area contributed by atoms with E-state index in [9.17, 15) is 4.79 Å². The van der Waals surface area contributed by atoms with Crippen molar-refractivity contribution in [2.45, 2.75) is 46.5 Å². The van der Waals surface area contributed by atoms with Crippen LogP contribution in [0.15, 0.2) is 24.3 Å². The average Bonchev–Trinajstić information content (AvgIpc) is 2.35. The van der Waals surface area contributed by atoms with Gasteiger partial charge in [-0.05, 0) is 22.5 Å². The van der Waals surface area contributed by atoms with Crippen molar-refractivity contribution in [2.75, 3.05) is 0 Å². The fraction of sp³-hybridized carbons (Fsp3) is 0.562. The highest BCUT2D eigenvalue weighted by atomic mass is 35.5. The van der Waals surface area contributed by atoms with Gasteiger partial charge in [0.05, 0.1) is 0 Å². The number of benzene rings is 1. The molecule has 1 atom stereocenters. The zero-order valence-corrected chi connectivity index (χ0v) is 13.1. The molecule has 2 nitrogen and oxygen atoms in total. The Morgan fingerprint density at radius 2 is 1.74 bits per heavy atom. The van der Waals surface area contributed by atoms with Gasteiger partial charge in [-0.25, -0.2) is 0 Å². The number of halogens is 1. The second-order valence-corrected chi connectivity index (χ2v) is 6.47. The van der Waals surface area contributed by atoms with Crippen molar-refractivity contribution in [3.8, 4) is 0 Å². The van der Waals surface area contributed by atoms with E-state index >= 15 is 0 Å². The summed E-state index contributed by atoms with van der Waals surface area (Å²) in [6, 6.07) is 7.99. The third-order valence-electron chi connectivity index (χ3n) is 3.64. The van der Waals surface area contributed by atoms with Crippen LogP contribution in [-0.2, 0) is 17.2 Å². The predicted octanol–water partition coefficient (Wildman–Crippen LogP) is 4.11. The van der Waals surface area contributed by atoms with Crippen LogP contribution < -0.4 is 5.32 Å². The summed E-state index contributed by atoms with van der Waals surface area (Å²) < 4.78 is 0. The van der Waals surface area contributed by atoms with Crippen LogP contribution in [0.1, 0.15) is 45.2 Å². The maximum atomic E-state index is 11.9. The van der Waals surface area contributed by atoms with Gasteiger partial charge in [-0.3, -0.25) is 4.79 Å². The van der Waals surface area contributed by atoms with E-state index < -0.39 is 0 Å². The zero-order valence-electron chi connectivity index (χ0n) is 12.3. The molecule has 1 aromatic carbocycles. The van der Waals surface area contributed by atoms with E-state index in [1.165, 1.54) is 0 Å². The summed E-state index contributed by atoms with van der Waals surface area (Å²) >= 11 is 5.74. The van der Waals surface area contributed by atoms with Gasteiger partial charge in [0.15, 0.2) is 0 Å². The molecule has 0 aliphatic carbocycles. The second kappa shape index (κ2) is 6.95. The lowest BCUT2D eigenvalue weighted by Gasteiger charge is -2.26. The standard InChI is InChI=1S/C16H24ClNO/c1-12(16(2,3)4)9-15(19)18-11-14-7-5-13(10-17)6-8-14/h5-8,12H,9-11H2,1-4H3,(H,18,19). The van der Waals surface area contributed by atoms with Gasteiger partial charge in [0.25, 0.3) is 0 Å². The van der Waals surface area contributed by atoms with E-state index in [-0.39, 0.29) is 11.3 Å². The first-order valence-electron chi connectivity index (χ1n) is 6.73. The second-order valence-electron chi connectivity index (χ2n) is 6.20. The van der Waals surface area contributed by atoms with Crippen LogP contribution in [0.2, 0.25) is 0 Å². The minimum Gasteiger partial charge on any atom is -0.352 e. The van der Waals surface area contributed by atoms with Crippen molar-refractivity contribution in [3.63, 3.8) is 0 Å². The zero-order chi connectivity index (χ0) is 14.5. The molecule has 0 radical (unpaired) electrons. The first-order valence-corrected chi connectivity index (χ1v) is 7.27. The van der Waals surface area contributed by atoms with Crippen molar-refractivity contribution in [1.82, 2.24) is 5.32 Å². The van der Waals surface area contributed by atoms with E-state index in [0.29, 0.717) is 24.8 Å². The molecule has 19 heavy (non-hydrogen) atoms. The molecule has 0 fully saturated rings. The van der Waals surface area contributed by atoms with E-state index in [1.807, 2.05) is 24.3 Å². The Morgan fingerprint density at radius 1 is 1.21 bits per heavy atom. The van der Waals surface area contributed by atoms with Gasteiger partial charge in [0.2, 0.25) is 5.91 Å². The Kier molecular flexibility index (Phi) is 5.86. The van der Waals surface area contributed by atoms with Gasteiger partial charge in [0, 0.05) is 18.8 Å². The third-order valence-corrected chi connectivity index (χ3v) is 3.95. The van der Waals surface area contributed by atoms with Gasteiger partial charge in [-0.1, -0.05) is 52.0 Å². The number of carbonyl (C=O) groups is 1. The number of amides is 1. The Hall–Kier alpha value is -1.02. The highest BCUT2D eigenvalue weighted by molar-refractivity contribution is 6.17. The number of hydrogen-bond donors (Lipinski definition) is 1. The molecule has 0 aliphatic heterocycles. The van der Waals surface area contributed by atoms with Gasteiger partial charge >= 0.3 is 0 Å². The molecule has 1 unspecified atom stereocenters. The molecule has 0 saturated heterocycles. The largest absolute Gasteiger partial charge is 0.352 e. The Balaban J connectivity index is 2.41. The van der Waals surface area contributed by atoms with Crippen molar-refractivity contribution in [3.05, 3.63) is 35.4 Å². The lowest BCUT2D eigenvalue weighted by atomic mass is 9.80. The van der Waals surface area contributed by atoms with Crippen molar-refractivity contribution in [2.24, 2.45) is 11.3 Å². The van der Waals surface area contributed by atoms with Crippen LogP contribution in [0.3, 0.4) is 0 Å². The van der Waals surface area contributed by atoms with Crippen LogP contribution in [0.4, 0.5) is 0 Å². The first kappa shape index (κ1) is 16.0. The number of rotatable bonds is 5. The van der Waals surface area contributed by atoms with Crippen LogP contribution >= 0.6 is 11.6 Å². The lowest BCUT2D eigenvalue weighted by molar-refractivity contribution is -0.122. The number of hydrogen-bond acceptors (Lipinski definition) is 1. The van der Waals surface area contributed by atoms with Crippen molar-refractivity contribution in [1.29, 1.82) is 0 Å². The minimum atomic E-state index is 0.115. The van der Waals surface area contributed by atoms with Gasteiger partial charge < -0.3 is 5.32 Å². The summed E-state index contributed by atoms with van der Waals surface area (Å²) in [6.07, 6.45) is 0.573. The monoisotopic (exact) mass is 281 g/mol. The van der Waals surface area contributed by atoms with E-state index in [2.05, 4.69) is 33.0 Å². The molecular weight excluding hydrogens is 258 g/mol. The highest BCUT2D eigenvalue weighted by Crippen LogP contribution is 2.27. The normalized spacial score (nSPS) is 13.1. The molecule has 0 aliphatic rings. The molecule has 1 N–H and O–H groups in total. The SMILES string of the molecule is CC(CC(=O)NCc1ccc(CCl)cc1)C(C)(C)C. The fourth-order valence-corrected chi connectivity index (χ4v) is 1.78. The molecule has 1 rings (SSSR count). The molecule has 0 spiro atoms. The summed E-state index contributed by atoms with van der Waals surface area (Å²) in [7, 11) is 0. The molecule has 0 bridgehead atoms. The summed E-state index contributed by atoms with van der Waals surface area (Å²) in [4.78, 5) is 11.9. The molecule has 0 saturated carbocycles. The number of alkyl halides is 1. The van der Waals surface area contributed by atoms with E-state index in [0.717, 1.165) is 11.1 Å². The van der Waals surface area contributed by atoms with Crippen LogP contribution in [0, 0.1) is 11.3 Å². The molecule has 0 aromatic heterocycles. The maximum absolute atomic E-state index is 11.9.